The first-order chi connectivity index (χ1) is 13.2. The standard InChI is InChI=1S/C21H16N4O2/c1-27-18-8-4-7-14(9-18)17-10-19-20(23-12-17)24-21(26)25(19)13-16-6-3-2-5-15(16)11-22/h2-10,12H,13H2,1H3,(H,23,24,26). The van der Waals surface area contributed by atoms with Crippen LogP contribution in [-0.2, 0) is 6.54 Å². The number of aromatic nitrogens is 3. The van der Waals surface area contributed by atoms with Gasteiger partial charge in [0, 0.05) is 11.8 Å². The van der Waals surface area contributed by atoms with Gasteiger partial charge in [-0.3, -0.25) is 9.55 Å². The molecule has 0 spiro atoms. The van der Waals surface area contributed by atoms with E-state index < -0.39 is 0 Å². The summed E-state index contributed by atoms with van der Waals surface area (Å²) >= 11 is 0. The zero-order valence-corrected chi connectivity index (χ0v) is 14.6. The number of nitrogens with zero attached hydrogens (tertiary/aromatic N) is 3. The molecule has 2 heterocycles. The fourth-order valence-corrected chi connectivity index (χ4v) is 3.09. The van der Waals surface area contributed by atoms with E-state index in [0.717, 1.165) is 22.4 Å². The molecule has 6 heteroatoms. The summed E-state index contributed by atoms with van der Waals surface area (Å²) in [6, 6.07) is 19.0. The van der Waals surface area contributed by atoms with Gasteiger partial charge in [0.25, 0.3) is 0 Å². The lowest BCUT2D eigenvalue weighted by molar-refractivity contribution is 0.415. The minimum Gasteiger partial charge on any atom is -0.497 e. The smallest absolute Gasteiger partial charge is 0.327 e. The number of hydrogen-bond acceptors (Lipinski definition) is 4. The maximum absolute atomic E-state index is 12.5. The van der Waals surface area contributed by atoms with Gasteiger partial charge in [-0.05, 0) is 35.4 Å². The quantitative estimate of drug-likeness (QED) is 0.608. The minimum absolute atomic E-state index is 0.256. The van der Waals surface area contributed by atoms with Gasteiger partial charge >= 0.3 is 5.69 Å². The van der Waals surface area contributed by atoms with E-state index in [1.54, 1.807) is 23.9 Å². The van der Waals surface area contributed by atoms with Crippen molar-refractivity contribution >= 4 is 11.2 Å². The molecular formula is C21H16N4O2. The van der Waals surface area contributed by atoms with Crippen LogP contribution in [0.3, 0.4) is 0 Å². The van der Waals surface area contributed by atoms with Gasteiger partial charge < -0.3 is 4.74 Å². The van der Waals surface area contributed by atoms with Crippen molar-refractivity contribution in [2.45, 2.75) is 6.54 Å². The molecule has 0 saturated heterocycles. The Morgan fingerprint density at radius 3 is 2.81 bits per heavy atom. The molecule has 0 saturated carbocycles. The van der Waals surface area contributed by atoms with Crippen LogP contribution in [0.25, 0.3) is 22.3 Å². The predicted octanol–water partition coefficient (Wildman–Crippen LogP) is 3.32. The number of pyridine rings is 1. The molecule has 0 aliphatic heterocycles. The van der Waals surface area contributed by atoms with Gasteiger partial charge in [-0.25, -0.2) is 9.78 Å². The van der Waals surface area contributed by atoms with Crippen molar-refractivity contribution in [3.05, 3.63) is 82.4 Å². The molecule has 0 atom stereocenters. The van der Waals surface area contributed by atoms with Gasteiger partial charge in [0.05, 0.1) is 30.8 Å². The Bertz CT molecular complexity index is 1230. The Morgan fingerprint density at radius 2 is 2.00 bits per heavy atom. The summed E-state index contributed by atoms with van der Waals surface area (Å²) in [5.74, 6) is 0.752. The first-order valence-corrected chi connectivity index (χ1v) is 8.40. The number of benzene rings is 2. The van der Waals surface area contributed by atoms with Crippen molar-refractivity contribution in [3.63, 3.8) is 0 Å². The topological polar surface area (TPSA) is 83.7 Å². The van der Waals surface area contributed by atoms with Crippen LogP contribution in [0.5, 0.6) is 5.75 Å². The van der Waals surface area contributed by atoms with Crippen molar-refractivity contribution < 1.29 is 4.74 Å². The van der Waals surface area contributed by atoms with E-state index >= 15 is 0 Å². The van der Waals surface area contributed by atoms with Crippen molar-refractivity contribution in [1.82, 2.24) is 14.5 Å². The summed E-state index contributed by atoms with van der Waals surface area (Å²) in [5, 5.41) is 9.30. The highest BCUT2D eigenvalue weighted by Crippen LogP contribution is 2.25. The second-order valence-corrected chi connectivity index (χ2v) is 6.11. The second-order valence-electron chi connectivity index (χ2n) is 6.11. The largest absolute Gasteiger partial charge is 0.497 e. The molecule has 4 aromatic rings. The van der Waals surface area contributed by atoms with Gasteiger partial charge in [-0.2, -0.15) is 5.26 Å². The van der Waals surface area contributed by atoms with Crippen LogP contribution in [0.1, 0.15) is 11.1 Å². The van der Waals surface area contributed by atoms with E-state index in [1.165, 1.54) is 0 Å². The zero-order valence-electron chi connectivity index (χ0n) is 14.6. The van der Waals surface area contributed by atoms with Crippen LogP contribution >= 0.6 is 0 Å². The summed E-state index contributed by atoms with van der Waals surface area (Å²) in [5.41, 5.74) is 4.11. The maximum Gasteiger partial charge on any atom is 0.327 e. The SMILES string of the molecule is COc1cccc(-c2cnc3[nH]c(=O)n(Cc4ccccc4C#N)c3c2)c1. The number of hydrogen-bond donors (Lipinski definition) is 1. The Hall–Kier alpha value is -3.85. The fourth-order valence-electron chi connectivity index (χ4n) is 3.09. The Kier molecular flexibility index (Phi) is 4.19. The molecule has 0 aliphatic rings. The second kappa shape index (κ2) is 6.81. The molecule has 0 bridgehead atoms. The van der Waals surface area contributed by atoms with Crippen LogP contribution < -0.4 is 10.4 Å². The Morgan fingerprint density at radius 1 is 1.15 bits per heavy atom. The number of nitriles is 1. The van der Waals surface area contributed by atoms with Gasteiger partial charge in [0.15, 0.2) is 5.65 Å². The number of rotatable bonds is 4. The van der Waals surface area contributed by atoms with Crippen molar-refractivity contribution in [2.24, 2.45) is 0 Å². The minimum atomic E-state index is -0.256. The number of fused-ring (bicyclic) bond motifs is 1. The fraction of sp³-hybridized carbons (Fsp3) is 0.0952. The predicted molar refractivity (Wildman–Crippen MR) is 103 cm³/mol. The van der Waals surface area contributed by atoms with Crippen LogP contribution in [0, 0.1) is 11.3 Å². The third kappa shape index (κ3) is 3.07. The normalized spacial score (nSPS) is 10.7. The summed E-state index contributed by atoms with van der Waals surface area (Å²) in [6.07, 6.45) is 1.72. The summed E-state index contributed by atoms with van der Waals surface area (Å²) in [7, 11) is 1.62. The van der Waals surface area contributed by atoms with Crippen molar-refractivity contribution in [1.29, 1.82) is 5.26 Å². The Labute approximate surface area is 155 Å². The van der Waals surface area contributed by atoms with Gasteiger partial charge in [0.1, 0.15) is 5.75 Å². The maximum atomic E-state index is 12.5. The summed E-state index contributed by atoms with van der Waals surface area (Å²) < 4.78 is 6.88. The summed E-state index contributed by atoms with van der Waals surface area (Å²) in [4.78, 5) is 19.6. The number of ether oxygens (including phenoxy) is 1. The van der Waals surface area contributed by atoms with Crippen molar-refractivity contribution in [3.8, 4) is 22.9 Å². The molecule has 4 rings (SSSR count). The first kappa shape index (κ1) is 16.6. The molecule has 2 aromatic carbocycles. The third-order valence-corrected chi connectivity index (χ3v) is 4.50. The molecule has 0 radical (unpaired) electrons. The van der Waals surface area contributed by atoms with E-state index in [2.05, 4.69) is 16.0 Å². The third-order valence-electron chi connectivity index (χ3n) is 4.50. The Balaban J connectivity index is 1.83. The van der Waals surface area contributed by atoms with Crippen molar-refractivity contribution in [2.75, 3.05) is 7.11 Å². The van der Waals surface area contributed by atoms with Crippen LogP contribution in [0.4, 0.5) is 0 Å². The molecule has 1 N–H and O–H groups in total. The van der Waals surface area contributed by atoms with E-state index in [9.17, 15) is 10.1 Å². The van der Waals surface area contributed by atoms with E-state index in [0.29, 0.717) is 23.3 Å². The number of imidazole rings is 1. The lowest BCUT2D eigenvalue weighted by Crippen LogP contribution is -2.17. The number of aromatic amines is 1. The lowest BCUT2D eigenvalue weighted by atomic mass is 10.1. The number of H-pyrrole nitrogens is 1. The van der Waals surface area contributed by atoms with E-state index in [4.69, 9.17) is 4.74 Å². The highest BCUT2D eigenvalue weighted by molar-refractivity contribution is 5.78. The molecule has 0 fully saturated rings. The van der Waals surface area contributed by atoms with Gasteiger partial charge in [-0.1, -0.05) is 30.3 Å². The molecule has 0 unspecified atom stereocenters. The highest BCUT2D eigenvalue weighted by Gasteiger charge is 2.12. The molecule has 27 heavy (non-hydrogen) atoms. The number of nitrogens with one attached hydrogen (secondary N) is 1. The molecule has 132 valence electrons. The van der Waals surface area contributed by atoms with Gasteiger partial charge in [0.2, 0.25) is 0 Å². The first-order valence-electron chi connectivity index (χ1n) is 8.40. The zero-order chi connectivity index (χ0) is 18.8. The van der Waals surface area contributed by atoms with Crippen LogP contribution in [-0.4, -0.2) is 21.6 Å². The average molecular weight is 356 g/mol. The van der Waals surface area contributed by atoms with E-state index in [-0.39, 0.29) is 5.69 Å². The molecule has 2 aromatic heterocycles. The summed E-state index contributed by atoms with van der Waals surface area (Å²) in [6.45, 7) is 0.297. The lowest BCUT2D eigenvalue weighted by Gasteiger charge is -2.07. The monoisotopic (exact) mass is 356 g/mol. The molecular weight excluding hydrogens is 340 g/mol. The molecule has 6 nitrogen and oxygen atoms in total. The van der Waals surface area contributed by atoms with Gasteiger partial charge in [-0.15, -0.1) is 0 Å². The highest BCUT2D eigenvalue weighted by atomic mass is 16.5. The van der Waals surface area contributed by atoms with Crippen LogP contribution in [0.2, 0.25) is 0 Å². The average Bonchev–Trinajstić information content (AvgIpc) is 3.03. The van der Waals surface area contributed by atoms with Crippen LogP contribution in [0.15, 0.2) is 65.6 Å². The molecule has 0 aliphatic carbocycles. The number of methoxy groups -OCH3 is 1. The van der Waals surface area contributed by atoms with E-state index in [1.807, 2.05) is 48.5 Å². The molecule has 0 amide bonds.